The van der Waals surface area contributed by atoms with Crippen LogP contribution in [0.2, 0.25) is 0 Å². The molecule has 0 bridgehead atoms. The third-order valence-corrected chi connectivity index (χ3v) is 4.20. The van der Waals surface area contributed by atoms with Gasteiger partial charge in [-0.15, -0.1) is 0 Å². The van der Waals surface area contributed by atoms with Gasteiger partial charge in [0.2, 0.25) is 5.12 Å². The highest BCUT2D eigenvalue weighted by Crippen LogP contribution is 2.24. The molecule has 104 valence electrons. The molecule has 6 heteroatoms. The molecule has 0 aliphatic carbocycles. The normalized spacial score (nSPS) is 16.4. The Morgan fingerprint density at radius 3 is 2.90 bits per heavy atom. The highest BCUT2D eigenvalue weighted by molar-refractivity contribution is 8.13. The maximum absolute atomic E-state index is 12.2. The first-order valence-corrected chi connectivity index (χ1v) is 7.46. The molecule has 0 unspecified atom stereocenters. The van der Waals surface area contributed by atoms with E-state index in [9.17, 15) is 4.79 Å². The number of fused-ring (bicyclic) bond motifs is 1. The summed E-state index contributed by atoms with van der Waals surface area (Å²) in [4.78, 5) is 21.9. The third-order valence-electron chi connectivity index (χ3n) is 3.31. The summed E-state index contributed by atoms with van der Waals surface area (Å²) in [7, 11) is 0. The van der Waals surface area contributed by atoms with Crippen molar-refractivity contribution >= 4 is 27.8 Å². The molecule has 0 atom stereocenters. The molecule has 1 aromatic carbocycles. The van der Waals surface area contributed by atoms with Crippen LogP contribution in [-0.4, -0.2) is 47.9 Å². The molecule has 1 aliphatic rings. The average molecular weight is 290 g/mol. The monoisotopic (exact) mass is 290 g/mol. The molecule has 0 spiro atoms. The number of nitrogens with one attached hydrogen (secondary N) is 1. The maximum Gasteiger partial charge on any atom is 0.249 e. The van der Waals surface area contributed by atoms with Gasteiger partial charge >= 0.3 is 0 Å². The molecule has 0 saturated carbocycles. The van der Waals surface area contributed by atoms with E-state index in [1.165, 1.54) is 23.0 Å². The predicted molar refractivity (Wildman–Crippen MR) is 76.8 cm³/mol. The number of quaternary nitrogens is 1. The molecule has 1 saturated heterocycles. The third kappa shape index (κ3) is 3.15. The quantitative estimate of drug-likeness (QED) is 0.645. The lowest BCUT2D eigenvalue weighted by Crippen LogP contribution is -3.14. The standard InChI is InChI=1S/C14H15N3O2S/c18-13(9-17-5-7-19-8-6-17)20-14-11-3-1-2-4-12(11)15-10-16-14/h1-4,10H,5-9H2/p+1. The van der Waals surface area contributed by atoms with Crippen LogP contribution in [0.25, 0.3) is 10.9 Å². The van der Waals surface area contributed by atoms with Gasteiger partial charge in [-0.2, -0.15) is 0 Å². The van der Waals surface area contributed by atoms with Crippen molar-refractivity contribution in [2.75, 3.05) is 32.8 Å². The zero-order valence-electron chi connectivity index (χ0n) is 11.0. The highest BCUT2D eigenvalue weighted by Gasteiger charge is 2.19. The van der Waals surface area contributed by atoms with Crippen molar-refractivity contribution in [2.45, 2.75) is 5.03 Å². The summed E-state index contributed by atoms with van der Waals surface area (Å²) in [6, 6.07) is 7.75. The van der Waals surface area contributed by atoms with Crippen molar-refractivity contribution in [3.05, 3.63) is 30.6 Å². The number of hydrogen-bond acceptors (Lipinski definition) is 5. The lowest BCUT2D eigenvalue weighted by Gasteiger charge is -2.22. The van der Waals surface area contributed by atoms with Gasteiger partial charge in [0, 0.05) is 5.39 Å². The van der Waals surface area contributed by atoms with E-state index in [0.29, 0.717) is 6.54 Å². The van der Waals surface area contributed by atoms with E-state index in [4.69, 9.17) is 4.74 Å². The number of carbonyl (C=O) groups is 1. The minimum Gasteiger partial charge on any atom is -0.370 e. The summed E-state index contributed by atoms with van der Waals surface area (Å²) < 4.78 is 5.30. The first-order valence-electron chi connectivity index (χ1n) is 6.64. The van der Waals surface area contributed by atoms with Gasteiger partial charge in [-0.3, -0.25) is 4.79 Å². The van der Waals surface area contributed by atoms with E-state index in [2.05, 4.69) is 9.97 Å². The van der Waals surface area contributed by atoms with Gasteiger partial charge in [-0.05, 0) is 17.8 Å². The molecular formula is C14H16N3O2S+. The molecule has 2 aromatic rings. The van der Waals surface area contributed by atoms with Crippen LogP contribution in [0.4, 0.5) is 0 Å². The Kier molecular flexibility index (Phi) is 4.25. The highest BCUT2D eigenvalue weighted by atomic mass is 32.2. The molecule has 1 aromatic heterocycles. The first kappa shape index (κ1) is 13.5. The van der Waals surface area contributed by atoms with E-state index >= 15 is 0 Å². The molecule has 1 fully saturated rings. The second-order valence-electron chi connectivity index (χ2n) is 4.71. The van der Waals surface area contributed by atoms with Gasteiger partial charge in [0.05, 0.1) is 18.7 Å². The van der Waals surface area contributed by atoms with E-state index in [-0.39, 0.29) is 5.12 Å². The SMILES string of the molecule is O=C(C[NH+]1CCOCC1)Sc1ncnc2ccccc12. The van der Waals surface area contributed by atoms with Crippen LogP contribution in [-0.2, 0) is 9.53 Å². The molecule has 0 radical (unpaired) electrons. The van der Waals surface area contributed by atoms with Crippen molar-refractivity contribution in [3.63, 3.8) is 0 Å². The van der Waals surface area contributed by atoms with Gasteiger partial charge < -0.3 is 9.64 Å². The van der Waals surface area contributed by atoms with Gasteiger partial charge in [-0.1, -0.05) is 18.2 Å². The number of morpholine rings is 1. The Morgan fingerprint density at radius 2 is 2.05 bits per heavy atom. The second kappa shape index (κ2) is 6.30. The largest absolute Gasteiger partial charge is 0.370 e. The number of nitrogens with zero attached hydrogens (tertiary/aromatic N) is 2. The number of para-hydroxylation sites is 1. The summed E-state index contributed by atoms with van der Waals surface area (Å²) in [6.07, 6.45) is 1.51. The van der Waals surface area contributed by atoms with E-state index < -0.39 is 0 Å². The zero-order chi connectivity index (χ0) is 13.8. The van der Waals surface area contributed by atoms with Crippen LogP contribution in [0.5, 0.6) is 0 Å². The van der Waals surface area contributed by atoms with E-state index in [1.54, 1.807) is 0 Å². The molecule has 2 heterocycles. The number of hydrogen-bond donors (Lipinski definition) is 1. The average Bonchev–Trinajstić information content (AvgIpc) is 2.48. The number of carbonyl (C=O) groups excluding carboxylic acids is 1. The Morgan fingerprint density at radius 1 is 1.25 bits per heavy atom. The van der Waals surface area contributed by atoms with Crippen LogP contribution in [0.1, 0.15) is 0 Å². The predicted octanol–water partition coefficient (Wildman–Crippen LogP) is 0.164. The van der Waals surface area contributed by atoms with Gasteiger partial charge in [0.25, 0.3) is 0 Å². The van der Waals surface area contributed by atoms with Crippen LogP contribution >= 0.6 is 11.8 Å². The summed E-state index contributed by atoms with van der Waals surface area (Å²) in [5.41, 5.74) is 0.872. The van der Waals surface area contributed by atoms with Crippen LogP contribution in [0.3, 0.4) is 0 Å². The molecule has 1 N–H and O–H groups in total. The van der Waals surface area contributed by atoms with Crippen molar-refractivity contribution < 1.29 is 14.4 Å². The van der Waals surface area contributed by atoms with Crippen molar-refractivity contribution in [2.24, 2.45) is 0 Å². The minimum absolute atomic E-state index is 0.144. The summed E-state index contributed by atoms with van der Waals surface area (Å²) in [5.74, 6) is 0. The topological polar surface area (TPSA) is 56.5 Å². The fourth-order valence-electron chi connectivity index (χ4n) is 2.25. The Bertz CT molecular complexity index is 609. The first-order chi connectivity index (χ1) is 9.83. The fraction of sp³-hybridized carbons (Fsp3) is 0.357. The van der Waals surface area contributed by atoms with Crippen LogP contribution in [0, 0.1) is 0 Å². The summed E-state index contributed by atoms with van der Waals surface area (Å²) >= 11 is 1.22. The molecule has 1 aliphatic heterocycles. The number of ether oxygens (including phenoxy) is 1. The number of benzene rings is 1. The van der Waals surface area contributed by atoms with E-state index in [1.807, 2.05) is 24.3 Å². The maximum atomic E-state index is 12.2. The number of rotatable bonds is 3. The summed E-state index contributed by atoms with van der Waals surface area (Å²) in [5, 5.41) is 1.82. The molecule has 20 heavy (non-hydrogen) atoms. The van der Waals surface area contributed by atoms with E-state index in [0.717, 1.165) is 42.2 Å². The minimum atomic E-state index is 0.144. The molecular weight excluding hydrogens is 274 g/mol. The molecule has 0 amide bonds. The van der Waals surface area contributed by atoms with Crippen LogP contribution < -0.4 is 4.90 Å². The summed E-state index contributed by atoms with van der Waals surface area (Å²) in [6.45, 7) is 3.80. The van der Waals surface area contributed by atoms with Crippen molar-refractivity contribution in [3.8, 4) is 0 Å². The molecule has 5 nitrogen and oxygen atoms in total. The van der Waals surface area contributed by atoms with Gasteiger partial charge in [-0.25, -0.2) is 9.97 Å². The fourth-order valence-corrected chi connectivity index (χ4v) is 3.12. The number of thioether (sulfide) groups is 1. The lowest BCUT2D eigenvalue weighted by molar-refractivity contribution is -0.899. The number of aromatic nitrogens is 2. The lowest BCUT2D eigenvalue weighted by atomic mass is 10.2. The van der Waals surface area contributed by atoms with Crippen molar-refractivity contribution in [1.29, 1.82) is 0 Å². The Labute approximate surface area is 121 Å². The van der Waals surface area contributed by atoms with Crippen molar-refractivity contribution in [1.82, 2.24) is 9.97 Å². The second-order valence-corrected chi connectivity index (χ2v) is 5.76. The van der Waals surface area contributed by atoms with Crippen LogP contribution in [0.15, 0.2) is 35.6 Å². The zero-order valence-corrected chi connectivity index (χ0v) is 11.9. The Balaban J connectivity index is 1.71. The smallest absolute Gasteiger partial charge is 0.249 e. The Hall–Kier alpha value is -1.50. The van der Waals surface area contributed by atoms with Gasteiger partial charge in [0.15, 0.2) is 0 Å². The van der Waals surface area contributed by atoms with Gasteiger partial charge in [0.1, 0.15) is 31.0 Å². The molecule has 3 rings (SSSR count).